The van der Waals surface area contributed by atoms with Crippen molar-refractivity contribution in [3.05, 3.63) is 83.9 Å². The van der Waals surface area contributed by atoms with Gasteiger partial charge in [-0.2, -0.15) is 0 Å². The number of ether oxygens (including phenoxy) is 2. The third-order valence-electron chi connectivity index (χ3n) is 6.59. The highest BCUT2D eigenvalue weighted by atomic mass is 16.7. The zero-order valence-electron chi connectivity index (χ0n) is 19.7. The van der Waals surface area contributed by atoms with E-state index in [2.05, 4.69) is 15.5 Å². The summed E-state index contributed by atoms with van der Waals surface area (Å²) < 4.78 is 10.7. The van der Waals surface area contributed by atoms with Gasteiger partial charge in [0.05, 0.1) is 0 Å². The first-order chi connectivity index (χ1) is 17.1. The molecule has 180 valence electrons. The second kappa shape index (κ2) is 10.2. The van der Waals surface area contributed by atoms with E-state index in [1.165, 1.54) is 0 Å². The Morgan fingerprint density at radius 2 is 1.54 bits per heavy atom. The summed E-state index contributed by atoms with van der Waals surface area (Å²) in [4.78, 5) is 28.5. The van der Waals surface area contributed by atoms with Crippen LogP contribution in [0.25, 0.3) is 0 Å². The molecule has 3 aromatic carbocycles. The van der Waals surface area contributed by atoms with Crippen LogP contribution in [0.4, 0.5) is 11.4 Å². The van der Waals surface area contributed by atoms with Gasteiger partial charge in [-0.25, -0.2) is 0 Å². The quantitative estimate of drug-likeness (QED) is 0.542. The second-order valence-electron chi connectivity index (χ2n) is 9.04. The Morgan fingerprint density at radius 3 is 2.29 bits per heavy atom. The van der Waals surface area contributed by atoms with Crippen LogP contribution in [0, 0.1) is 12.8 Å². The number of aryl methyl sites for hydroxylation is 1. The van der Waals surface area contributed by atoms with Crippen LogP contribution in [0.3, 0.4) is 0 Å². The van der Waals surface area contributed by atoms with Crippen molar-refractivity contribution in [2.45, 2.75) is 25.8 Å². The number of likely N-dealkylation sites (tertiary alicyclic amines) is 1. The molecule has 0 radical (unpaired) electrons. The van der Waals surface area contributed by atoms with Crippen molar-refractivity contribution in [2.75, 3.05) is 30.5 Å². The van der Waals surface area contributed by atoms with Gasteiger partial charge in [0.2, 0.25) is 18.6 Å². The molecule has 2 amide bonds. The molecule has 35 heavy (non-hydrogen) atoms. The molecule has 2 N–H and O–H groups in total. The number of hydrogen-bond acceptors (Lipinski definition) is 5. The van der Waals surface area contributed by atoms with E-state index in [0.29, 0.717) is 43.1 Å². The van der Waals surface area contributed by atoms with Gasteiger partial charge in [0.1, 0.15) is 6.04 Å². The average molecular weight is 472 g/mol. The summed E-state index contributed by atoms with van der Waals surface area (Å²) in [6.45, 7) is 3.52. The smallest absolute Gasteiger partial charge is 0.246 e. The summed E-state index contributed by atoms with van der Waals surface area (Å²) in [6.07, 6.45) is 1.36. The Morgan fingerprint density at radius 1 is 0.857 bits per heavy atom. The number of carbonyl (C=O) groups is 2. The van der Waals surface area contributed by atoms with E-state index in [1.54, 1.807) is 12.1 Å². The largest absolute Gasteiger partial charge is 0.454 e. The van der Waals surface area contributed by atoms with E-state index >= 15 is 0 Å². The van der Waals surface area contributed by atoms with E-state index in [0.717, 1.165) is 16.8 Å². The monoisotopic (exact) mass is 471 g/mol. The van der Waals surface area contributed by atoms with E-state index in [9.17, 15) is 9.59 Å². The Balaban J connectivity index is 1.24. The summed E-state index contributed by atoms with van der Waals surface area (Å²) in [6, 6.07) is 22.6. The maximum absolute atomic E-state index is 13.4. The van der Waals surface area contributed by atoms with Crippen molar-refractivity contribution < 1.29 is 19.1 Å². The number of nitrogens with one attached hydrogen (secondary N) is 2. The van der Waals surface area contributed by atoms with Crippen molar-refractivity contribution >= 4 is 23.2 Å². The van der Waals surface area contributed by atoms with Gasteiger partial charge in [0.25, 0.3) is 0 Å². The molecule has 0 bridgehead atoms. The van der Waals surface area contributed by atoms with Crippen LogP contribution in [0.15, 0.2) is 72.8 Å². The highest BCUT2D eigenvalue weighted by Gasteiger charge is 2.33. The van der Waals surface area contributed by atoms with Gasteiger partial charge in [0, 0.05) is 23.4 Å². The van der Waals surface area contributed by atoms with E-state index < -0.39 is 6.04 Å². The van der Waals surface area contributed by atoms with E-state index in [-0.39, 0.29) is 24.5 Å². The number of benzene rings is 3. The maximum atomic E-state index is 13.4. The number of nitrogens with zero attached hydrogens (tertiary/aromatic N) is 1. The molecule has 0 aliphatic carbocycles. The minimum absolute atomic E-state index is 0.0103. The zero-order chi connectivity index (χ0) is 24.2. The fourth-order valence-corrected chi connectivity index (χ4v) is 4.65. The number of fused-ring (bicyclic) bond motifs is 1. The van der Waals surface area contributed by atoms with Gasteiger partial charge in [-0.3, -0.25) is 14.5 Å². The minimum atomic E-state index is -0.421. The molecule has 2 heterocycles. The molecule has 1 fully saturated rings. The fraction of sp³-hybridized carbons (Fsp3) is 0.286. The number of hydrogen-bond donors (Lipinski definition) is 2. The molecule has 1 atom stereocenters. The Hall–Kier alpha value is -3.84. The van der Waals surface area contributed by atoms with Crippen molar-refractivity contribution in [3.63, 3.8) is 0 Å². The van der Waals surface area contributed by atoms with Gasteiger partial charge in [-0.15, -0.1) is 0 Å². The lowest BCUT2D eigenvalue weighted by molar-refractivity contribution is -0.124. The van der Waals surface area contributed by atoms with Crippen LogP contribution in [0.5, 0.6) is 11.5 Å². The summed E-state index contributed by atoms with van der Waals surface area (Å²) in [7, 11) is 0. The van der Waals surface area contributed by atoms with Crippen LogP contribution in [-0.2, 0) is 9.59 Å². The number of carbonyl (C=O) groups excluding carboxylic acids is 2. The molecule has 0 aromatic heterocycles. The fourth-order valence-electron chi connectivity index (χ4n) is 4.65. The van der Waals surface area contributed by atoms with Gasteiger partial charge < -0.3 is 20.1 Å². The van der Waals surface area contributed by atoms with Crippen LogP contribution >= 0.6 is 0 Å². The standard InChI is InChI=1S/C28H29N3O4/c1-19-7-9-22(10-8-19)29-28(33)26(20-5-3-2-4-6-20)31-15-13-21(14-16-31)27(32)30-23-11-12-24-25(17-23)35-18-34-24/h2-12,17,21,26H,13-16,18H2,1H3,(H,29,33)(H,30,32)/t26-/m0/s1. The van der Waals surface area contributed by atoms with Crippen molar-refractivity contribution in [3.8, 4) is 11.5 Å². The van der Waals surface area contributed by atoms with Crippen molar-refractivity contribution in [1.82, 2.24) is 4.90 Å². The molecular weight excluding hydrogens is 442 g/mol. The molecule has 0 unspecified atom stereocenters. The predicted octanol–water partition coefficient (Wildman–Crippen LogP) is 4.75. The Labute approximate surface area is 205 Å². The average Bonchev–Trinajstić information content (AvgIpc) is 3.35. The highest BCUT2D eigenvalue weighted by Crippen LogP contribution is 2.35. The molecule has 2 aliphatic heterocycles. The van der Waals surface area contributed by atoms with Crippen LogP contribution in [0.2, 0.25) is 0 Å². The molecule has 7 nitrogen and oxygen atoms in total. The lowest BCUT2D eigenvalue weighted by atomic mass is 9.93. The summed E-state index contributed by atoms with van der Waals surface area (Å²) in [5, 5.41) is 6.07. The number of piperidine rings is 1. The molecule has 2 aliphatic rings. The van der Waals surface area contributed by atoms with E-state index in [1.807, 2.05) is 67.6 Å². The second-order valence-corrected chi connectivity index (χ2v) is 9.04. The maximum Gasteiger partial charge on any atom is 0.246 e. The SMILES string of the molecule is Cc1ccc(NC(=O)[C@H](c2ccccc2)N2CCC(C(=O)Nc3ccc4c(c3)OCO4)CC2)cc1. The number of rotatable bonds is 6. The molecule has 0 saturated carbocycles. The van der Waals surface area contributed by atoms with Crippen molar-refractivity contribution in [2.24, 2.45) is 5.92 Å². The zero-order valence-corrected chi connectivity index (χ0v) is 19.7. The lowest BCUT2D eigenvalue weighted by Gasteiger charge is -2.36. The lowest BCUT2D eigenvalue weighted by Crippen LogP contribution is -2.44. The molecule has 1 saturated heterocycles. The topological polar surface area (TPSA) is 79.9 Å². The van der Waals surface area contributed by atoms with Crippen LogP contribution in [0.1, 0.15) is 30.0 Å². The third-order valence-corrected chi connectivity index (χ3v) is 6.59. The molecule has 7 heteroatoms. The first-order valence-electron chi connectivity index (χ1n) is 11.9. The molecule has 3 aromatic rings. The van der Waals surface area contributed by atoms with Gasteiger partial charge >= 0.3 is 0 Å². The number of anilines is 2. The normalized spacial score (nSPS) is 16.5. The molecular formula is C28H29N3O4. The van der Waals surface area contributed by atoms with Gasteiger partial charge in [-0.1, -0.05) is 48.0 Å². The third kappa shape index (κ3) is 5.30. The summed E-state index contributed by atoms with van der Waals surface area (Å²) in [5.41, 5.74) is 3.56. The molecule has 0 spiro atoms. The Bertz CT molecular complexity index is 1190. The van der Waals surface area contributed by atoms with Crippen molar-refractivity contribution in [1.29, 1.82) is 0 Å². The van der Waals surface area contributed by atoms with Crippen LogP contribution in [-0.4, -0.2) is 36.6 Å². The van der Waals surface area contributed by atoms with E-state index in [4.69, 9.17) is 9.47 Å². The summed E-state index contributed by atoms with van der Waals surface area (Å²) >= 11 is 0. The predicted molar refractivity (Wildman–Crippen MR) is 134 cm³/mol. The number of amides is 2. The van der Waals surface area contributed by atoms with Gasteiger partial charge in [0.15, 0.2) is 11.5 Å². The highest BCUT2D eigenvalue weighted by molar-refractivity contribution is 5.96. The molecule has 5 rings (SSSR count). The van der Waals surface area contributed by atoms with Gasteiger partial charge in [-0.05, 0) is 62.7 Å². The summed E-state index contributed by atoms with van der Waals surface area (Å²) in [5.74, 6) is 1.13. The van der Waals surface area contributed by atoms with Crippen LogP contribution < -0.4 is 20.1 Å². The first-order valence-corrected chi connectivity index (χ1v) is 11.9. The Kier molecular flexibility index (Phi) is 6.68. The first kappa shape index (κ1) is 22.9. The minimum Gasteiger partial charge on any atom is -0.454 e.